The lowest BCUT2D eigenvalue weighted by Gasteiger charge is -1.95. The number of hydrogen-bond donors (Lipinski definition) is 2. The highest BCUT2D eigenvalue weighted by Crippen LogP contribution is 2.16. The second-order valence-corrected chi connectivity index (χ2v) is 3.56. The van der Waals surface area contributed by atoms with Crippen molar-refractivity contribution >= 4 is 18.9 Å². The highest BCUT2D eigenvalue weighted by Gasteiger charge is 1.96. The first-order chi connectivity index (χ1) is 6.29. The maximum atomic E-state index is 8.51. The van der Waals surface area contributed by atoms with E-state index in [0.717, 1.165) is 5.75 Å². The maximum absolute atomic E-state index is 8.51. The van der Waals surface area contributed by atoms with Crippen LogP contribution in [0.3, 0.4) is 0 Å². The molecule has 0 amide bonds. The second kappa shape index (κ2) is 5.86. The standard InChI is InChI=1S/C9H11BO2S/c11-10(12)7-4-8-13-9-5-2-1-3-6-9/h1-7,11-12H,8H2/b7-4+. The summed E-state index contributed by atoms with van der Waals surface area (Å²) in [6, 6.07) is 9.97. The summed E-state index contributed by atoms with van der Waals surface area (Å²) < 4.78 is 0. The molecule has 0 saturated heterocycles. The molecule has 13 heavy (non-hydrogen) atoms. The predicted octanol–water partition coefficient (Wildman–Crippen LogP) is 1.35. The van der Waals surface area contributed by atoms with Gasteiger partial charge in [0, 0.05) is 10.6 Å². The van der Waals surface area contributed by atoms with Crippen molar-refractivity contribution in [3.05, 3.63) is 42.4 Å². The number of benzene rings is 1. The first-order valence-electron chi connectivity index (χ1n) is 3.99. The maximum Gasteiger partial charge on any atom is 0.480 e. The van der Waals surface area contributed by atoms with Gasteiger partial charge in [-0.1, -0.05) is 30.3 Å². The van der Waals surface area contributed by atoms with Crippen molar-refractivity contribution in [2.75, 3.05) is 5.75 Å². The van der Waals surface area contributed by atoms with Crippen molar-refractivity contribution in [1.82, 2.24) is 0 Å². The Morgan fingerprint density at radius 3 is 2.54 bits per heavy atom. The summed E-state index contributed by atoms with van der Waals surface area (Å²) in [6.07, 6.45) is 1.74. The summed E-state index contributed by atoms with van der Waals surface area (Å²) >= 11 is 1.65. The minimum Gasteiger partial charge on any atom is -0.424 e. The monoisotopic (exact) mass is 194 g/mol. The van der Waals surface area contributed by atoms with Crippen molar-refractivity contribution in [3.63, 3.8) is 0 Å². The van der Waals surface area contributed by atoms with Crippen LogP contribution in [0.4, 0.5) is 0 Å². The van der Waals surface area contributed by atoms with Crippen LogP contribution in [0.1, 0.15) is 0 Å². The Morgan fingerprint density at radius 2 is 1.92 bits per heavy atom. The molecule has 1 rings (SSSR count). The quantitative estimate of drug-likeness (QED) is 0.561. The minimum atomic E-state index is -1.34. The zero-order valence-electron chi connectivity index (χ0n) is 7.13. The van der Waals surface area contributed by atoms with E-state index in [9.17, 15) is 0 Å². The molecule has 2 N–H and O–H groups in total. The fraction of sp³-hybridized carbons (Fsp3) is 0.111. The lowest BCUT2D eigenvalue weighted by Crippen LogP contribution is -2.05. The van der Waals surface area contributed by atoms with Crippen LogP contribution in [-0.4, -0.2) is 22.9 Å². The molecule has 0 radical (unpaired) electrons. The van der Waals surface area contributed by atoms with Crippen LogP contribution in [0, 0.1) is 0 Å². The van der Waals surface area contributed by atoms with Gasteiger partial charge < -0.3 is 10.0 Å². The molecule has 0 heterocycles. The van der Waals surface area contributed by atoms with E-state index in [-0.39, 0.29) is 0 Å². The van der Waals surface area contributed by atoms with E-state index in [1.807, 2.05) is 30.3 Å². The van der Waals surface area contributed by atoms with Gasteiger partial charge in [0.05, 0.1) is 0 Å². The van der Waals surface area contributed by atoms with Crippen LogP contribution < -0.4 is 0 Å². The average molecular weight is 194 g/mol. The molecule has 1 aromatic carbocycles. The molecule has 0 spiro atoms. The van der Waals surface area contributed by atoms with Gasteiger partial charge in [-0.3, -0.25) is 0 Å². The Morgan fingerprint density at radius 1 is 1.23 bits per heavy atom. The molecule has 0 unspecified atom stereocenters. The van der Waals surface area contributed by atoms with Gasteiger partial charge in [-0.05, 0) is 12.1 Å². The third kappa shape index (κ3) is 4.78. The molecule has 0 aliphatic rings. The average Bonchev–Trinajstić information content (AvgIpc) is 2.14. The minimum absolute atomic E-state index is 0.752. The SMILES string of the molecule is OB(O)/C=C/CSc1ccccc1. The molecular formula is C9H11BO2S. The van der Waals surface area contributed by atoms with Crippen molar-refractivity contribution in [3.8, 4) is 0 Å². The molecular weight excluding hydrogens is 183 g/mol. The van der Waals surface area contributed by atoms with E-state index >= 15 is 0 Å². The second-order valence-electron chi connectivity index (χ2n) is 2.47. The van der Waals surface area contributed by atoms with E-state index in [0.29, 0.717) is 0 Å². The van der Waals surface area contributed by atoms with E-state index in [2.05, 4.69) is 0 Å². The van der Waals surface area contributed by atoms with Crippen molar-refractivity contribution in [1.29, 1.82) is 0 Å². The zero-order valence-corrected chi connectivity index (χ0v) is 7.95. The smallest absolute Gasteiger partial charge is 0.424 e. The fourth-order valence-electron chi connectivity index (χ4n) is 0.838. The van der Waals surface area contributed by atoms with Crippen LogP contribution in [0.15, 0.2) is 47.3 Å². The van der Waals surface area contributed by atoms with Crippen LogP contribution >= 0.6 is 11.8 Å². The Labute approximate surface area is 82.4 Å². The van der Waals surface area contributed by atoms with E-state index in [1.54, 1.807) is 17.8 Å². The van der Waals surface area contributed by atoms with Crippen LogP contribution in [0.5, 0.6) is 0 Å². The zero-order chi connectivity index (χ0) is 9.52. The van der Waals surface area contributed by atoms with Gasteiger partial charge in [-0.15, -0.1) is 11.8 Å². The van der Waals surface area contributed by atoms with Crippen LogP contribution in [0.25, 0.3) is 0 Å². The predicted molar refractivity (Wildman–Crippen MR) is 56.5 cm³/mol. The summed E-state index contributed by atoms with van der Waals surface area (Å²) in [6.45, 7) is 0. The van der Waals surface area contributed by atoms with E-state index in [1.165, 1.54) is 10.9 Å². The summed E-state index contributed by atoms with van der Waals surface area (Å²) in [5, 5.41) is 17.0. The summed E-state index contributed by atoms with van der Waals surface area (Å²) in [7, 11) is -1.34. The van der Waals surface area contributed by atoms with Crippen LogP contribution in [-0.2, 0) is 0 Å². The molecule has 0 fully saturated rings. The molecule has 1 aromatic rings. The number of hydrogen-bond acceptors (Lipinski definition) is 3. The topological polar surface area (TPSA) is 40.5 Å². The summed E-state index contributed by atoms with van der Waals surface area (Å²) in [5.41, 5.74) is 0. The Bertz CT molecular complexity index is 262. The van der Waals surface area contributed by atoms with Crippen molar-refractivity contribution in [2.24, 2.45) is 0 Å². The van der Waals surface area contributed by atoms with Gasteiger partial charge in [0.15, 0.2) is 0 Å². The Balaban J connectivity index is 2.28. The van der Waals surface area contributed by atoms with Gasteiger partial charge in [-0.2, -0.15) is 0 Å². The first kappa shape index (κ1) is 10.4. The van der Waals surface area contributed by atoms with E-state index < -0.39 is 7.12 Å². The van der Waals surface area contributed by atoms with Crippen LogP contribution in [0.2, 0.25) is 0 Å². The highest BCUT2D eigenvalue weighted by atomic mass is 32.2. The molecule has 2 nitrogen and oxygen atoms in total. The molecule has 0 atom stereocenters. The Kier molecular flexibility index (Phi) is 4.68. The largest absolute Gasteiger partial charge is 0.480 e. The fourth-order valence-corrected chi connectivity index (χ4v) is 1.59. The summed E-state index contributed by atoms with van der Waals surface area (Å²) in [5.74, 6) is 2.11. The molecule has 0 aliphatic heterocycles. The Hall–Kier alpha value is -0.705. The molecule has 0 aliphatic carbocycles. The highest BCUT2D eigenvalue weighted by molar-refractivity contribution is 7.99. The third-order valence-electron chi connectivity index (χ3n) is 1.40. The first-order valence-corrected chi connectivity index (χ1v) is 4.98. The van der Waals surface area contributed by atoms with Gasteiger partial charge in [-0.25, -0.2) is 0 Å². The molecule has 0 bridgehead atoms. The van der Waals surface area contributed by atoms with Gasteiger partial charge in [0.2, 0.25) is 0 Å². The molecule has 0 saturated carbocycles. The van der Waals surface area contributed by atoms with Crippen molar-refractivity contribution < 1.29 is 10.0 Å². The molecule has 68 valence electrons. The lowest BCUT2D eigenvalue weighted by atomic mass is 9.92. The van der Waals surface area contributed by atoms with E-state index in [4.69, 9.17) is 10.0 Å². The molecule has 4 heteroatoms. The van der Waals surface area contributed by atoms with Gasteiger partial charge in [0.1, 0.15) is 0 Å². The normalized spacial score (nSPS) is 10.6. The summed E-state index contributed by atoms with van der Waals surface area (Å²) in [4.78, 5) is 1.18. The third-order valence-corrected chi connectivity index (χ3v) is 2.36. The van der Waals surface area contributed by atoms with Gasteiger partial charge >= 0.3 is 7.12 Å². The number of thioether (sulfide) groups is 1. The number of rotatable bonds is 4. The molecule has 0 aromatic heterocycles. The lowest BCUT2D eigenvalue weighted by molar-refractivity contribution is 0.424. The van der Waals surface area contributed by atoms with Gasteiger partial charge in [0.25, 0.3) is 0 Å². The van der Waals surface area contributed by atoms with Crippen molar-refractivity contribution in [2.45, 2.75) is 4.90 Å².